The van der Waals surface area contributed by atoms with Gasteiger partial charge in [0.2, 0.25) is 11.0 Å². The van der Waals surface area contributed by atoms with E-state index >= 15 is 0 Å². The topological polar surface area (TPSA) is 60.3 Å². The fourth-order valence-corrected chi connectivity index (χ4v) is 3.32. The molecular weight excluding hydrogens is 288 g/mol. The van der Waals surface area contributed by atoms with Crippen molar-refractivity contribution in [2.45, 2.75) is 6.92 Å². The van der Waals surface area contributed by atoms with E-state index in [4.69, 9.17) is 4.74 Å². The third-order valence-corrected chi connectivity index (χ3v) is 4.78. The average Bonchev–Trinajstić information content (AvgIpc) is 2.77. The minimum atomic E-state index is 0.505. The lowest BCUT2D eigenvalue weighted by Gasteiger charge is -1.98. The molecule has 2 aromatic heterocycles. The number of aliphatic imine (C=N–C) groups is 1. The van der Waals surface area contributed by atoms with E-state index in [1.165, 1.54) is 11.3 Å². The molecule has 0 aliphatic carbocycles. The van der Waals surface area contributed by atoms with Crippen LogP contribution in [0.1, 0.15) is 5.82 Å². The maximum atomic E-state index is 5.21. The monoisotopic (exact) mass is 300 g/mol. The van der Waals surface area contributed by atoms with E-state index in [0.29, 0.717) is 22.4 Å². The smallest absolute Gasteiger partial charge is 0.244 e. The Bertz CT molecular complexity index is 590. The van der Waals surface area contributed by atoms with Gasteiger partial charge in [-0.25, -0.2) is 15.0 Å². The predicted octanol–water partition coefficient (Wildman–Crippen LogP) is 3.12. The molecule has 0 radical (unpaired) electrons. The lowest BCUT2D eigenvalue weighted by molar-refractivity contribution is 0.400. The number of rotatable bonds is 2. The first-order chi connectivity index (χ1) is 8.67. The molecule has 0 aromatic carbocycles. The highest BCUT2D eigenvalue weighted by molar-refractivity contribution is 8.38. The standard InChI is InChI=1S/C10H12N4OS3/c1-5-11-7(15-2)6-8(12-5)18-9(13-6)14-10(16-3)17-4/h1-4H3. The van der Waals surface area contributed by atoms with Crippen molar-refractivity contribution in [2.24, 2.45) is 4.99 Å². The molecule has 0 bridgehead atoms. The number of thioether (sulfide) groups is 2. The van der Waals surface area contributed by atoms with Crippen LogP contribution in [0.4, 0.5) is 5.13 Å². The lowest BCUT2D eigenvalue weighted by Crippen LogP contribution is -1.93. The normalized spacial score (nSPS) is 10.7. The number of hydrogen-bond donors (Lipinski definition) is 0. The van der Waals surface area contributed by atoms with Gasteiger partial charge in [-0.1, -0.05) is 11.3 Å². The van der Waals surface area contributed by atoms with Crippen LogP contribution in [0.25, 0.3) is 10.3 Å². The van der Waals surface area contributed by atoms with Gasteiger partial charge in [-0.3, -0.25) is 0 Å². The zero-order valence-electron chi connectivity index (χ0n) is 10.4. The first-order valence-corrected chi connectivity index (χ1v) is 8.30. The molecule has 0 aliphatic rings. The van der Waals surface area contributed by atoms with Crippen LogP contribution in [0.15, 0.2) is 4.99 Å². The summed E-state index contributed by atoms with van der Waals surface area (Å²) in [5.74, 6) is 1.18. The largest absolute Gasteiger partial charge is 0.479 e. The first-order valence-electron chi connectivity index (χ1n) is 5.03. The fraction of sp³-hybridized carbons (Fsp3) is 0.400. The fourth-order valence-electron chi connectivity index (χ4n) is 1.33. The van der Waals surface area contributed by atoms with Crippen LogP contribution in [0, 0.1) is 6.92 Å². The van der Waals surface area contributed by atoms with E-state index < -0.39 is 0 Å². The highest BCUT2D eigenvalue weighted by atomic mass is 32.2. The van der Waals surface area contributed by atoms with Crippen LogP contribution in [0.5, 0.6) is 5.88 Å². The van der Waals surface area contributed by atoms with Crippen molar-refractivity contribution in [3.05, 3.63) is 5.82 Å². The van der Waals surface area contributed by atoms with Crippen LogP contribution in [-0.2, 0) is 0 Å². The molecule has 0 N–H and O–H groups in total. The summed E-state index contributed by atoms with van der Waals surface area (Å²) in [6.07, 6.45) is 3.99. The third kappa shape index (κ3) is 2.76. The Hall–Kier alpha value is -0.860. The summed E-state index contributed by atoms with van der Waals surface area (Å²) in [5, 5.41) is 0.682. The van der Waals surface area contributed by atoms with Crippen LogP contribution in [0.3, 0.4) is 0 Å². The van der Waals surface area contributed by atoms with Gasteiger partial charge in [-0.05, 0) is 19.4 Å². The molecule has 8 heteroatoms. The number of hydrogen-bond acceptors (Lipinski definition) is 8. The minimum absolute atomic E-state index is 0.505. The molecule has 0 spiro atoms. The van der Waals surface area contributed by atoms with Gasteiger partial charge in [0.1, 0.15) is 10.2 Å². The highest BCUT2D eigenvalue weighted by Crippen LogP contribution is 2.32. The van der Waals surface area contributed by atoms with E-state index in [-0.39, 0.29) is 0 Å². The maximum absolute atomic E-state index is 5.21. The van der Waals surface area contributed by atoms with Crippen molar-refractivity contribution in [3.8, 4) is 5.88 Å². The van der Waals surface area contributed by atoms with Crippen LogP contribution < -0.4 is 4.74 Å². The number of thiazole rings is 1. The van der Waals surface area contributed by atoms with E-state index in [2.05, 4.69) is 19.9 Å². The summed E-state index contributed by atoms with van der Waals surface area (Å²) in [5.41, 5.74) is 0.674. The number of nitrogens with zero attached hydrogens (tertiary/aromatic N) is 4. The second-order valence-electron chi connectivity index (χ2n) is 3.22. The lowest BCUT2D eigenvalue weighted by atomic mass is 10.5. The zero-order valence-corrected chi connectivity index (χ0v) is 12.9. The summed E-state index contributed by atoms with van der Waals surface area (Å²) in [4.78, 5) is 18.2. The van der Waals surface area contributed by atoms with Gasteiger partial charge in [0.05, 0.1) is 7.11 Å². The molecule has 2 aromatic rings. The molecule has 0 amide bonds. The number of aryl methyl sites for hydroxylation is 1. The van der Waals surface area contributed by atoms with Crippen LogP contribution >= 0.6 is 34.9 Å². The summed E-state index contributed by atoms with van der Waals surface area (Å²) >= 11 is 4.64. The van der Waals surface area contributed by atoms with Gasteiger partial charge in [-0.2, -0.15) is 4.98 Å². The average molecular weight is 300 g/mol. The quantitative estimate of drug-likeness (QED) is 0.627. The number of aromatic nitrogens is 3. The molecule has 0 unspecified atom stereocenters. The SMILES string of the molecule is COc1nc(C)nc2sc(N=C(SC)SC)nc12. The van der Waals surface area contributed by atoms with E-state index in [9.17, 15) is 0 Å². The van der Waals surface area contributed by atoms with E-state index in [1.54, 1.807) is 30.6 Å². The molecule has 0 saturated carbocycles. The maximum Gasteiger partial charge on any atom is 0.244 e. The molecule has 0 aliphatic heterocycles. The highest BCUT2D eigenvalue weighted by Gasteiger charge is 2.12. The van der Waals surface area contributed by atoms with E-state index in [1.807, 2.05) is 19.4 Å². The molecule has 0 atom stereocenters. The molecular formula is C10H12N4OS3. The first kappa shape index (κ1) is 13.6. The Kier molecular flexibility index (Phi) is 4.41. The van der Waals surface area contributed by atoms with Crippen molar-refractivity contribution in [1.29, 1.82) is 0 Å². The molecule has 2 heterocycles. The second kappa shape index (κ2) is 5.85. The Morgan fingerprint density at radius 3 is 2.56 bits per heavy atom. The van der Waals surface area contributed by atoms with Crippen LogP contribution in [-0.4, -0.2) is 38.9 Å². The summed E-state index contributed by atoms with van der Waals surface area (Å²) in [7, 11) is 1.58. The van der Waals surface area contributed by atoms with Gasteiger partial charge in [-0.15, -0.1) is 23.5 Å². The Morgan fingerprint density at radius 2 is 1.94 bits per heavy atom. The van der Waals surface area contributed by atoms with Crippen molar-refractivity contribution < 1.29 is 4.74 Å². The van der Waals surface area contributed by atoms with Gasteiger partial charge < -0.3 is 4.74 Å². The zero-order chi connectivity index (χ0) is 13.1. The van der Waals surface area contributed by atoms with Crippen molar-refractivity contribution in [1.82, 2.24) is 15.0 Å². The molecule has 5 nitrogen and oxygen atoms in total. The molecule has 2 rings (SSSR count). The van der Waals surface area contributed by atoms with E-state index in [0.717, 1.165) is 9.21 Å². The number of fused-ring (bicyclic) bond motifs is 1. The Balaban J connectivity index is 2.53. The number of methoxy groups -OCH3 is 1. The Morgan fingerprint density at radius 1 is 1.22 bits per heavy atom. The van der Waals surface area contributed by atoms with Crippen molar-refractivity contribution >= 4 is 54.7 Å². The summed E-state index contributed by atoms with van der Waals surface area (Å²) in [6, 6.07) is 0. The molecule has 0 fully saturated rings. The Labute approximate surface area is 117 Å². The summed E-state index contributed by atoms with van der Waals surface area (Å²) < 4.78 is 6.18. The van der Waals surface area contributed by atoms with Gasteiger partial charge >= 0.3 is 0 Å². The second-order valence-corrected chi connectivity index (χ2v) is 6.02. The number of ether oxygens (including phenoxy) is 1. The van der Waals surface area contributed by atoms with Crippen molar-refractivity contribution in [3.63, 3.8) is 0 Å². The molecule has 96 valence electrons. The van der Waals surface area contributed by atoms with Crippen LogP contribution in [0.2, 0.25) is 0 Å². The minimum Gasteiger partial charge on any atom is -0.479 e. The van der Waals surface area contributed by atoms with Gasteiger partial charge in [0.15, 0.2) is 10.3 Å². The molecule has 18 heavy (non-hydrogen) atoms. The van der Waals surface area contributed by atoms with Crippen molar-refractivity contribution in [2.75, 3.05) is 19.6 Å². The van der Waals surface area contributed by atoms with Gasteiger partial charge in [0.25, 0.3) is 0 Å². The predicted molar refractivity (Wildman–Crippen MR) is 80.6 cm³/mol. The van der Waals surface area contributed by atoms with Gasteiger partial charge in [0, 0.05) is 0 Å². The third-order valence-electron chi connectivity index (χ3n) is 2.06. The summed E-state index contributed by atoms with van der Waals surface area (Å²) in [6.45, 7) is 1.83. The molecule has 0 saturated heterocycles.